The fraction of sp³-hybridized carbons (Fsp3) is 0.0385. The quantitative estimate of drug-likeness (QED) is 0.220. The van der Waals surface area contributed by atoms with Crippen LogP contribution in [0.4, 0.5) is 5.13 Å². The van der Waals surface area contributed by atoms with Gasteiger partial charge in [0.25, 0.3) is 0 Å². The first-order valence-electron chi connectivity index (χ1n) is 10.7. The summed E-state index contributed by atoms with van der Waals surface area (Å²) in [4.78, 5) is 21.8. The number of amides is 1. The molecule has 1 amide bonds. The molecule has 6 nitrogen and oxygen atoms in total. The minimum Gasteiger partial charge on any atom is -0.301 e. The van der Waals surface area contributed by atoms with Crippen molar-refractivity contribution in [3.05, 3.63) is 94.8 Å². The molecule has 0 spiro atoms. The Balaban J connectivity index is 1.29. The van der Waals surface area contributed by atoms with E-state index in [9.17, 15) is 4.79 Å². The fourth-order valence-corrected chi connectivity index (χ4v) is 4.92. The zero-order valence-corrected chi connectivity index (χ0v) is 21.5. The Bertz CT molecular complexity index is 1440. The highest BCUT2D eigenvalue weighted by atomic mass is 79.9. The molecular formula is C26H18BrN5OS2. The van der Waals surface area contributed by atoms with Gasteiger partial charge in [0.15, 0.2) is 5.13 Å². The lowest BCUT2D eigenvalue weighted by Gasteiger charge is -2.09. The number of carbonyl (C=O) groups excluding carboxylic acids is 1. The standard InChI is InChI=1S/C26H18BrN5OS2/c27-20-13-11-17(12-14-20)21-15-34-25(28-21)29-22(33)16-35-26-30-23(18-7-3-1-4-8-18)24(31-32-26)19-9-5-2-6-10-19/h1-15H,16H2,(H,28,29,33). The molecule has 0 unspecified atom stereocenters. The van der Waals surface area contributed by atoms with Crippen LogP contribution in [0.25, 0.3) is 33.8 Å². The zero-order valence-electron chi connectivity index (χ0n) is 18.3. The van der Waals surface area contributed by atoms with Gasteiger partial charge < -0.3 is 5.32 Å². The highest BCUT2D eigenvalue weighted by Crippen LogP contribution is 2.30. The van der Waals surface area contributed by atoms with Gasteiger partial charge in [0.2, 0.25) is 11.1 Å². The Morgan fingerprint density at radius 2 is 1.46 bits per heavy atom. The normalized spacial score (nSPS) is 10.8. The van der Waals surface area contributed by atoms with Crippen molar-refractivity contribution in [3.8, 4) is 33.8 Å². The lowest BCUT2D eigenvalue weighted by Crippen LogP contribution is -2.14. The minimum absolute atomic E-state index is 0.147. The van der Waals surface area contributed by atoms with Crippen LogP contribution in [0.3, 0.4) is 0 Å². The number of carbonyl (C=O) groups is 1. The van der Waals surface area contributed by atoms with Crippen molar-refractivity contribution in [2.45, 2.75) is 5.16 Å². The largest absolute Gasteiger partial charge is 0.301 e. The van der Waals surface area contributed by atoms with Crippen molar-refractivity contribution < 1.29 is 4.79 Å². The molecule has 5 rings (SSSR count). The van der Waals surface area contributed by atoms with Gasteiger partial charge in [0, 0.05) is 26.5 Å². The number of thioether (sulfide) groups is 1. The summed E-state index contributed by atoms with van der Waals surface area (Å²) in [5, 5.41) is 14.5. The first-order chi connectivity index (χ1) is 17.2. The Kier molecular flexibility index (Phi) is 7.27. The van der Waals surface area contributed by atoms with E-state index in [1.54, 1.807) is 0 Å². The van der Waals surface area contributed by atoms with Crippen LogP contribution in [0, 0.1) is 0 Å². The highest BCUT2D eigenvalue weighted by molar-refractivity contribution is 9.10. The Morgan fingerprint density at radius 3 is 2.14 bits per heavy atom. The second kappa shape index (κ2) is 10.9. The van der Waals surface area contributed by atoms with Crippen LogP contribution in [0.1, 0.15) is 0 Å². The van der Waals surface area contributed by atoms with E-state index in [1.165, 1.54) is 23.1 Å². The molecule has 5 aromatic rings. The van der Waals surface area contributed by atoms with E-state index in [0.717, 1.165) is 32.6 Å². The SMILES string of the molecule is O=C(CSc1nnc(-c2ccccc2)c(-c2ccccc2)n1)Nc1nc(-c2ccc(Br)cc2)cs1. The third-order valence-electron chi connectivity index (χ3n) is 4.98. The molecule has 0 radical (unpaired) electrons. The summed E-state index contributed by atoms with van der Waals surface area (Å²) in [5.41, 5.74) is 5.12. The molecule has 9 heteroatoms. The van der Waals surface area contributed by atoms with Gasteiger partial charge in [0.1, 0.15) is 11.4 Å². The monoisotopic (exact) mass is 559 g/mol. The van der Waals surface area contributed by atoms with Gasteiger partial charge >= 0.3 is 0 Å². The third kappa shape index (κ3) is 5.82. The van der Waals surface area contributed by atoms with Crippen LogP contribution >= 0.6 is 39.0 Å². The molecular weight excluding hydrogens is 542 g/mol. The molecule has 0 aliphatic heterocycles. The van der Waals surface area contributed by atoms with Crippen LogP contribution < -0.4 is 5.32 Å². The Morgan fingerprint density at radius 1 is 0.800 bits per heavy atom. The lowest BCUT2D eigenvalue weighted by atomic mass is 10.0. The maximum atomic E-state index is 12.6. The summed E-state index contributed by atoms with van der Waals surface area (Å²) < 4.78 is 1.01. The van der Waals surface area contributed by atoms with Crippen molar-refractivity contribution >= 4 is 50.1 Å². The molecule has 3 aromatic carbocycles. The Labute approximate surface area is 219 Å². The van der Waals surface area contributed by atoms with Gasteiger partial charge in [0.05, 0.1) is 11.4 Å². The van der Waals surface area contributed by atoms with Gasteiger partial charge in [-0.3, -0.25) is 4.79 Å². The van der Waals surface area contributed by atoms with Gasteiger partial charge in [-0.2, -0.15) is 0 Å². The van der Waals surface area contributed by atoms with Crippen LogP contribution in [-0.2, 0) is 4.79 Å². The molecule has 0 aliphatic rings. The molecule has 0 fully saturated rings. The van der Waals surface area contributed by atoms with Crippen LogP contribution in [0.2, 0.25) is 0 Å². The molecule has 0 aliphatic carbocycles. The number of halogens is 1. The summed E-state index contributed by atoms with van der Waals surface area (Å²) >= 11 is 6.06. The van der Waals surface area contributed by atoms with Crippen LogP contribution in [0.15, 0.2) is 99.9 Å². The average Bonchev–Trinajstić information content (AvgIpc) is 3.37. The smallest absolute Gasteiger partial charge is 0.236 e. The summed E-state index contributed by atoms with van der Waals surface area (Å²) in [7, 11) is 0. The maximum Gasteiger partial charge on any atom is 0.236 e. The van der Waals surface area contributed by atoms with E-state index >= 15 is 0 Å². The van der Waals surface area contributed by atoms with Crippen LogP contribution in [-0.4, -0.2) is 31.8 Å². The molecule has 2 aromatic heterocycles. The number of anilines is 1. The number of nitrogens with zero attached hydrogens (tertiary/aromatic N) is 4. The number of hydrogen-bond donors (Lipinski definition) is 1. The van der Waals surface area contributed by atoms with E-state index in [2.05, 4.69) is 36.4 Å². The van der Waals surface area contributed by atoms with E-state index in [0.29, 0.717) is 16.0 Å². The minimum atomic E-state index is -0.177. The third-order valence-corrected chi connectivity index (χ3v) is 7.11. The predicted octanol–water partition coefficient (Wildman–Crippen LogP) is 6.82. The predicted molar refractivity (Wildman–Crippen MR) is 145 cm³/mol. The van der Waals surface area contributed by atoms with E-state index < -0.39 is 0 Å². The molecule has 1 N–H and O–H groups in total. The van der Waals surface area contributed by atoms with E-state index in [4.69, 9.17) is 4.98 Å². The van der Waals surface area contributed by atoms with Crippen molar-refractivity contribution in [1.29, 1.82) is 0 Å². The van der Waals surface area contributed by atoms with Gasteiger partial charge in [-0.1, -0.05) is 100 Å². The second-order valence-electron chi connectivity index (χ2n) is 7.41. The molecule has 0 atom stereocenters. The first kappa shape index (κ1) is 23.3. The number of nitrogens with one attached hydrogen (secondary N) is 1. The average molecular weight is 561 g/mol. The molecule has 2 heterocycles. The van der Waals surface area contributed by atoms with Crippen molar-refractivity contribution in [1.82, 2.24) is 20.2 Å². The number of hydrogen-bond acceptors (Lipinski definition) is 7. The molecule has 172 valence electrons. The number of rotatable bonds is 7. The number of aromatic nitrogens is 4. The summed E-state index contributed by atoms with van der Waals surface area (Å²) in [6.07, 6.45) is 0. The van der Waals surface area contributed by atoms with Gasteiger partial charge in [-0.15, -0.1) is 21.5 Å². The van der Waals surface area contributed by atoms with Gasteiger partial charge in [-0.25, -0.2) is 9.97 Å². The zero-order chi connectivity index (χ0) is 24.0. The van der Waals surface area contributed by atoms with Crippen molar-refractivity contribution in [3.63, 3.8) is 0 Å². The molecule has 0 saturated heterocycles. The highest BCUT2D eigenvalue weighted by Gasteiger charge is 2.15. The molecule has 0 bridgehead atoms. The summed E-state index contributed by atoms with van der Waals surface area (Å²) in [5.74, 6) is -0.0305. The first-order valence-corrected chi connectivity index (χ1v) is 13.3. The van der Waals surface area contributed by atoms with E-state index in [1.807, 2.05) is 90.3 Å². The maximum absolute atomic E-state index is 12.6. The topological polar surface area (TPSA) is 80.7 Å². The second-order valence-corrected chi connectivity index (χ2v) is 10.1. The molecule has 0 saturated carbocycles. The lowest BCUT2D eigenvalue weighted by molar-refractivity contribution is -0.113. The van der Waals surface area contributed by atoms with Crippen molar-refractivity contribution in [2.24, 2.45) is 0 Å². The van der Waals surface area contributed by atoms with Crippen LogP contribution in [0.5, 0.6) is 0 Å². The summed E-state index contributed by atoms with van der Waals surface area (Å²) in [6, 6.07) is 27.6. The number of thiazole rings is 1. The molecule has 35 heavy (non-hydrogen) atoms. The van der Waals surface area contributed by atoms with Gasteiger partial charge in [-0.05, 0) is 12.1 Å². The summed E-state index contributed by atoms with van der Waals surface area (Å²) in [6.45, 7) is 0. The fourth-order valence-electron chi connectivity index (χ4n) is 3.33. The van der Waals surface area contributed by atoms with E-state index in [-0.39, 0.29) is 11.7 Å². The Hall–Kier alpha value is -3.40. The number of benzene rings is 3. The van der Waals surface area contributed by atoms with Crippen molar-refractivity contribution in [2.75, 3.05) is 11.1 Å².